The number of nitrogens with zero attached hydrogens (tertiary/aromatic N) is 1. The van der Waals surface area contributed by atoms with Gasteiger partial charge in [-0.15, -0.1) is 0 Å². The Labute approximate surface area is 99.4 Å². The first-order chi connectivity index (χ1) is 7.37. The van der Waals surface area contributed by atoms with Gasteiger partial charge in [-0.2, -0.15) is 0 Å². The summed E-state index contributed by atoms with van der Waals surface area (Å²) in [6.45, 7) is 15.5. The molecule has 1 unspecified atom stereocenters. The molecule has 92 valence electrons. The SMILES string of the molecule is [C-]#[N+]C(C)(C)CCCC(C)CCNC(C)=O. The summed E-state index contributed by atoms with van der Waals surface area (Å²) >= 11 is 0. The molecule has 0 aromatic rings. The van der Waals surface area contributed by atoms with Gasteiger partial charge in [-0.3, -0.25) is 4.79 Å². The Morgan fingerprint density at radius 3 is 2.56 bits per heavy atom. The maximum absolute atomic E-state index is 10.7. The summed E-state index contributed by atoms with van der Waals surface area (Å²) in [6.07, 6.45) is 4.22. The molecular formula is C13H24N2O. The summed E-state index contributed by atoms with van der Waals surface area (Å²) in [5.74, 6) is 0.662. The van der Waals surface area contributed by atoms with Crippen molar-refractivity contribution >= 4 is 5.91 Å². The van der Waals surface area contributed by atoms with Crippen molar-refractivity contribution in [3.8, 4) is 0 Å². The molecule has 0 bridgehead atoms. The molecule has 0 saturated heterocycles. The van der Waals surface area contributed by atoms with Gasteiger partial charge in [0.1, 0.15) is 0 Å². The van der Waals surface area contributed by atoms with Crippen LogP contribution in [0.25, 0.3) is 4.85 Å². The fraction of sp³-hybridized carbons (Fsp3) is 0.846. The Kier molecular flexibility index (Phi) is 6.80. The third kappa shape index (κ3) is 8.28. The number of hydrogen-bond donors (Lipinski definition) is 1. The van der Waals surface area contributed by atoms with Crippen LogP contribution in [-0.4, -0.2) is 18.0 Å². The van der Waals surface area contributed by atoms with Gasteiger partial charge < -0.3 is 10.2 Å². The van der Waals surface area contributed by atoms with Gasteiger partial charge >= 0.3 is 0 Å². The fourth-order valence-corrected chi connectivity index (χ4v) is 1.58. The normalized spacial score (nSPS) is 12.9. The Morgan fingerprint density at radius 2 is 2.06 bits per heavy atom. The van der Waals surface area contributed by atoms with Gasteiger partial charge in [0, 0.05) is 33.7 Å². The largest absolute Gasteiger partial charge is 0.356 e. The zero-order chi connectivity index (χ0) is 12.6. The highest BCUT2D eigenvalue weighted by Gasteiger charge is 2.21. The van der Waals surface area contributed by atoms with Crippen LogP contribution >= 0.6 is 0 Å². The number of nitrogens with one attached hydrogen (secondary N) is 1. The molecule has 1 atom stereocenters. The van der Waals surface area contributed by atoms with Gasteiger partial charge in [-0.1, -0.05) is 13.3 Å². The number of amides is 1. The quantitative estimate of drug-likeness (QED) is 0.663. The monoisotopic (exact) mass is 224 g/mol. The topological polar surface area (TPSA) is 33.5 Å². The van der Waals surface area contributed by atoms with E-state index < -0.39 is 0 Å². The van der Waals surface area contributed by atoms with E-state index in [0.29, 0.717) is 5.92 Å². The summed E-state index contributed by atoms with van der Waals surface area (Å²) in [5, 5.41) is 2.81. The molecule has 3 nitrogen and oxygen atoms in total. The van der Waals surface area contributed by atoms with E-state index in [1.165, 1.54) is 0 Å². The maximum atomic E-state index is 10.7. The van der Waals surface area contributed by atoms with E-state index in [-0.39, 0.29) is 11.4 Å². The zero-order valence-corrected chi connectivity index (χ0v) is 11.0. The van der Waals surface area contributed by atoms with Crippen LogP contribution in [0.1, 0.15) is 53.4 Å². The van der Waals surface area contributed by atoms with Crippen LogP contribution in [0.2, 0.25) is 0 Å². The second-order valence-electron chi connectivity index (χ2n) is 5.19. The van der Waals surface area contributed by atoms with Gasteiger partial charge in [0.05, 0.1) is 0 Å². The summed E-state index contributed by atoms with van der Waals surface area (Å²) in [7, 11) is 0. The van der Waals surface area contributed by atoms with Gasteiger partial charge in [0.15, 0.2) is 0 Å². The first kappa shape index (κ1) is 15.0. The molecule has 0 aromatic carbocycles. The van der Waals surface area contributed by atoms with Crippen molar-refractivity contribution < 1.29 is 4.79 Å². The molecule has 0 aromatic heterocycles. The first-order valence-corrected chi connectivity index (χ1v) is 6.00. The van der Waals surface area contributed by atoms with Crippen LogP contribution in [0.4, 0.5) is 0 Å². The Morgan fingerprint density at radius 1 is 1.44 bits per heavy atom. The highest BCUT2D eigenvalue weighted by Crippen LogP contribution is 2.20. The van der Waals surface area contributed by atoms with E-state index >= 15 is 0 Å². The van der Waals surface area contributed by atoms with Crippen LogP contribution in [0.15, 0.2) is 0 Å². The number of carbonyl (C=O) groups is 1. The van der Waals surface area contributed by atoms with E-state index in [9.17, 15) is 4.79 Å². The summed E-state index contributed by atoms with van der Waals surface area (Å²) < 4.78 is 0. The van der Waals surface area contributed by atoms with Crippen LogP contribution < -0.4 is 5.32 Å². The predicted molar refractivity (Wildman–Crippen MR) is 67.0 cm³/mol. The minimum absolute atomic E-state index is 0.0429. The highest BCUT2D eigenvalue weighted by molar-refractivity contribution is 5.72. The van der Waals surface area contributed by atoms with Crippen molar-refractivity contribution in [2.75, 3.05) is 6.54 Å². The van der Waals surface area contributed by atoms with Gasteiger partial charge in [-0.25, -0.2) is 6.57 Å². The van der Waals surface area contributed by atoms with Crippen LogP contribution in [0, 0.1) is 12.5 Å². The van der Waals surface area contributed by atoms with Crippen LogP contribution in [0.5, 0.6) is 0 Å². The molecule has 0 rings (SSSR count). The van der Waals surface area contributed by atoms with Crippen molar-refractivity contribution in [1.82, 2.24) is 5.32 Å². The smallest absolute Gasteiger partial charge is 0.227 e. The van der Waals surface area contributed by atoms with E-state index in [2.05, 4.69) is 17.1 Å². The maximum Gasteiger partial charge on any atom is 0.227 e. The average Bonchev–Trinajstić information content (AvgIpc) is 2.17. The summed E-state index contributed by atoms with van der Waals surface area (Å²) in [5.41, 5.74) is -0.211. The lowest BCUT2D eigenvalue weighted by molar-refractivity contribution is -0.118. The van der Waals surface area contributed by atoms with Gasteiger partial charge in [0.2, 0.25) is 11.4 Å². The molecule has 0 aliphatic rings. The summed E-state index contributed by atoms with van der Waals surface area (Å²) in [6, 6.07) is 0. The second kappa shape index (κ2) is 7.27. The molecule has 0 saturated carbocycles. The molecule has 0 radical (unpaired) electrons. The van der Waals surface area contributed by atoms with Crippen molar-refractivity contribution in [3.63, 3.8) is 0 Å². The van der Waals surface area contributed by atoms with E-state index in [1.54, 1.807) is 6.92 Å². The van der Waals surface area contributed by atoms with E-state index in [4.69, 9.17) is 6.57 Å². The molecule has 0 spiro atoms. The molecule has 0 aliphatic heterocycles. The first-order valence-electron chi connectivity index (χ1n) is 6.00. The molecule has 1 amide bonds. The van der Waals surface area contributed by atoms with Crippen LogP contribution in [-0.2, 0) is 4.79 Å². The van der Waals surface area contributed by atoms with E-state index in [0.717, 1.165) is 32.2 Å². The third-order valence-corrected chi connectivity index (χ3v) is 2.80. The van der Waals surface area contributed by atoms with Gasteiger partial charge in [0.25, 0.3) is 0 Å². The minimum atomic E-state index is -0.211. The number of carbonyl (C=O) groups excluding carboxylic acids is 1. The Hall–Kier alpha value is -1.04. The minimum Gasteiger partial charge on any atom is -0.356 e. The van der Waals surface area contributed by atoms with E-state index in [1.807, 2.05) is 13.8 Å². The molecule has 0 fully saturated rings. The standard InChI is InChI=1S/C13H24N2O/c1-11(8-10-15-12(2)16)7-6-9-13(3,4)14-5/h11H,6-10H2,1-4H3,(H,15,16). The second-order valence-corrected chi connectivity index (χ2v) is 5.19. The Bertz CT molecular complexity index is 253. The lowest BCUT2D eigenvalue weighted by atomic mass is 9.93. The van der Waals surface area contributed by atoms with Gasteiger partial charge in [-0.05, 0) is 18.8 Å². The lowest BCUT2D eigenvalue weighted by Gasteiger charge is -2.14. The molecule has 0 aliphatic carbocycles. The molecule has 16 heavy (non-hydrogen) atoms. The Balaban J connectivity index is 3.55. The fourth-order valence-electron chi connectivity index (χ4n) is 1.58. The van der Waals surface area contributed by atoms with Crippen LogP contribution in [0.3, 0.4) is 0 Å². The average molecular weight is 224 g/mol. The van der Waals surface area contributed by atoms with Crippen molar-refractivity contribution in [1.29, 1.82) is 0 Å². The lowest BCUT2D eigenvalue weighted by Crippen LogP contribution is -2.22. The number of rotatable bonds is 7. The van der Waals surface area contributed by atoms with Crippen molar-refractivity contribution in [2.24, 2.45) is 5.92 Å². The molecular weight excluding hydrogens is 200 g/mol. The number of hydrogen-bond acceptors (Lipinski definition) is 1. The molecule has 3 heteroatoms. The molecule has 1 N–H and O–H groups in total. The third-order valence-electron chi connectivity index (χ3n) is 2.80. The predicted octanol–water partition coefficient (Wildman–Crippen LogP) is 3.02. The summed E-state index contributed by atoms with van der Waals surface area (Å²) in [4.78, 5) is 14.3. The highest BCUT2D eigenvalue weighted by atomic mass is 16.1. The van der Waals surface area contributed by atoms with Crippen molar-refractivity contribution in [3.05, 3.63) is 11.4 Å². The molecule has 0 heterocycles. The van der Waals surface area contributed by atoms with Crippen molar-refractivity contribution in [2.45, 2.75) is 58.9 Å². The zero-order valence-electron chi connectivity index (χ0n) is 11.0.